The quantitative estimate of drug-likeness (QED) is 0.885. The second-order valence-corrected chi connectivity index (χ2v) is 5.88. The standard InChI is InChI=1S/C16H23N5/c1-11-14(12(2)21-20-11)7-9-17-16-18-10-8-15(19-16)13-5-3-4-6-13/h8,10,13H,3-7,9H2,1-2H3,(H,20,21)(H,17,18,19). The van der Waals surface area contributed by atoms with Gasteiger partial charge in [-0.05, 0) is 44.7 Å². The SMILES string of the molecule is Cc1n[nH]c(C)c1CCNc1nccc(C2CCCC2)n1. The van der Waals surface area contributed by atoms with Gasteiger partial charge in [-0.25, -0.2) is 9.97 Å². The Balaban J connectivity index is 1.59. The van der Waals surface area contributed by atoms with E-state index in [1.165, 1.54) is 36.9 Å². The van der Waals surface area contributed by atoms with Crippen molar-refractivity contribution in [1.82, 2.24) is 20.2 Å². The minimum Gasteiger partial charge on any atom is -0.354 e. The highest BCUT2D eigenvalue weighted by molar-refractivity contribution is 5.29. The zero-order valence-electron chi connectivity index (χ0n) is 12.8. The number of hydrogen-bond donors (Lipinski definition) is 2. The predicted octanol–water partition coefficient (Wildman–Crippen LogP) is 3.13. The number of aromatic amines is 1. The molecule has 0 aromatic carbocycles. The zero-order valence-corrected chi connectivity index (χ0v) is 12.8. The Bertz CT molecular complexity index is 579. The fourth-order valence-corrected chi connectivity index (χ4v) is 3.15. The largest absolute Gasteiger partial charge is 0.354 e. The van der Waals surface area contributed by atoms with Crippen molar-refractivity contribution in [2.24, 2.45) is 0 Å². The normalized spacial score (nSPS) is 15.5. The Hall–Kier alpha value is -1.91. The van der Waals surface area contributed by atoms with E-state index in [0.29, 0.717) is 5.92 Å². The van der Waals surface area contributed by atoms with Gasteiger partial charge in [-0.1, -0.05) is 12.8 Å². The van der Waals surface area contributed by atoms with Gasteiger partial charge in [-0.15, -0.1) is 0 Å². The van der Waals surface area contributed by atoms with Crippen LogP contribution in [0.3, 0.4) is 0 Å². The minimum absolute atomic E-state index is 0.631. The van der Waals surface area contributed by atoms with Gasteiger partial charge in [0.25, 0.3) is 0 Å². The first kappa shape index (κ1) is 14.0. The van der Waals surface area contributed by atoms with Gasteiger partial charge in [-0.2, -0.15) is 5.10 Å². The van der Waals surface area contributed by atoms with Crippen molar-refractivity contribution in [2.75, 3.05) is 11.9 Å². The molecule has 3 rings (SSSR count). The summed E-state index contributed by atoms with van der Waals surface area (Å²) in [7, 11) is 0. The lowest BCUT2D eigenvalue weighted by Crippen LogP contribution is -2.10. The molecule has 21 heavy (non-hydrogen) atoms. The third-order valence-electron chi connectivity index (χ3n) is 4.39. The van der Waals surface area contributed by atoms with Gasteiger partial charge >= 0.3 is 0 Å². The van der Waals surface area contributed by atoms with E-state index in [0.717, 1.165) is 30.3 Å². The number of H-pyrrole nitrogens is 1. The molecule has 1 fully saturated rings. The van der Waals surface area contributed by atoms with E-state index < -0.39 is 0 Å². The van der Waals surface area contributed by atoms with Crippen molar-refractivity contribution in [3.8, 4) is 0 Å². The number of aromatic nitrogens is 4. The Morgan fingerprint density at radius 3 is 2.81 bits per heavy atom. The molecule has 0 saturated heterocycles. The van der Waals surface area contributed by atoms with E-state index in [-0.39, 0.29) is 0 Å². The molecular weight excluding hydrogens is 262 g/mol. The van der Waals surface area contributed by atoms with Crippen LogP contribution in [0.5, 0.6) is 0 Å². The van der Waals surface area contributed by atoms with Gasteiger partial charge in [0.1, 0.15) is 0 Å². The summed E-state index contributed by atoms with van der Waals surface area (Å²) in [6.45, 7) is 4.93. The minimum atomic E-state index is 0.631. The number of nitrogens with zero attached hydrogens (tertiary/aromatic N) is 3. The molecule has 0 atom stereocenters. The van der Waals surface area contributed by atoms with Crippen molar-refractivity contribution in [3.63, 3.8) is 0 Å². The molecule has 2 N–H and O–H groups in total. The van der Waals surface area contributed by atoms with Gasteiger partial charge in [-0.3, -0.25) is 5.10 Å². The summed E-state index contributed by atoms with van der Waals surface area (Å²) in [6.07, 6.45) is 8.00. The topological polar surface area (TPSA) is 66.5 Å². The van der Waals surface area contributed by atoms with Crippen molar-refractivity contribution in [1.29, 1.82) is 0 Å². The van der Waals surface area contributed by atoms with Crippen molar-refractivity contribution < 1.29 is 0 Å². The molecule has 0 bridgehead atoms. The van der Waals surface area contributed by atoms with Crippen LogP contribution in [0.4, 0.5) is 5.95 Å². The van der Waals surface area contributed by atoms with Crippen LogP contribution < -0.4 is 5.32 Å². The fourth-order valence-electron chi connectivity index (χ4n) is 3.15. The average Bonchev–Trinajstić information content (AvgIpc) is 3.13. The van der Waals surface area contributed by atoms with Crippen LogP contribution in [0.15, 0.2) is 12.3 Å². The Morgan fingerprint density at radius 2 is 2.10 bits per heavy atom. The maximum atomic E-state index is 4.67. The number of anilines is 1. The van der Waals surface area contributed by atoms with Gasteiger partial charge < -0.3 is 5.32 Å². The molecule has 0 spiro atoms. The molecule has 1 aliphatic carbocycles. The average molecular weight is 285 g/mol. The molecule has 1 saturated carbocycles. The van der Waals surface area contributed by atoms with Crippen LogP contribution in [0, 0.1) is 13.8 Å². The van der Waals surface area contributed by atoms with Crippen molar-refractivity contribution in [2.45, 2.75) is 51.9 Å². The molecule has 0 radical (unpaired) electrons. The summed E-state index contributed by atoms with van der Waals surface area (Å²) in [6, 6.07) is 2.06. The van der Waals surface area contributed by atoms with Crippen LogP contribution in [0.1, 0.15) is 54.2 Å². The smallest absolute Gasteiger partial charge is 0.222 e. The molecule has 5 nitrogen and oxygen atoms in total. The molecule has 2 aromatic rings. The lowest BCUT2D eigenvalue weighted by atomic mass is 10.0. The first-order chi connectivity index (χ1) is 10.2. The highest BCUT2D eigenvalue weighted by Crippen LogP contribution is 2.32. The number of rotatable bonds is 5. The zero-order chi connectivity index (χ0) is 14.7. The molecule has 2 aromatic heterocycles. The summed E-state index contributed by atoms with van der Waals surface area (Å²) >= 11 is 0. The molecule has 0 aliphatic heterocycles. The molecule has 0 unspecified atom stereocenters. The highest BCUT2D eigenvalue weighted by Gasteiger charge is 2.18. The lowest BCUT2D eigenvalue weighted by molar-refractivity contribution is 0.694. The summed E-state index contributed by atoms with van der Waals surface area (Å²) in [5, 5.41) is 10.6. The Labute approximate surface area is 125 Å². The molecule has 5 heteroatoms. The third-order valence-corrected chi connectivity index (χ3v) is 4.39. The Morgan fingerprint density at radius 1 is 1.29 bits per heavy atom. The van der Waals surface area contributed by atoms with E-state index in [2.05, 4.69) is 38.5 Å². The molecule has 2 heterocycles. The summed E-state index contributed by atoms with van der Waals surface area (Å²) in [4.78, 5) is 9.00. The summed E-state index contributed by atoms with van der Waals surface area (Å²) in [5.41, 5.74) is 4.71. The van der Waals surface area contributed by atoms with E-state index in [1.54, 1.807) is 0 Å². The number of aryl methyl sites for hydroxylation is 2. The maximum Gasteiger partial charge on any atom is 0.222 e. The van der Waals surface area contributed by atoms with Gasteiger partial charge in [0.15, 0.2) is 0 Å². The monoisotopic (exact) mass is 285 g/mol. The van der Waals surface area contributed by atoms with E-state index in [9.17, 15) is 0 Å². The van der Waals surface area contributed by atoms with E-state index in [1.807, 2.05) is 13.1 Å². The molecule has 0 amide bonds. The first-order valence-electron chi connectivity index (χ1n) is 7.81. The van der Waals surface area contributed by atoms with Crippen molar-refractivity contribution >= 4 is 5.95 Å². The van der Waals surface area contributed by atoms with E-state index in [4.69, 9.17) is 0 Å². The maximum absolute atomic E-state index is 4.67. The number of nitrogens with one attached hydrogen (secondary N) is 2. The molecule has 1 aliphatic rings. The predicted molar refractivity (Wildman–Crippen MR) is 83.5 cm³/mol. The van der Waals surface area contributed by atoms with Crippen LogP contribution in [-0.2, 0) is 6.42 Å². The van der Waals surface area contributed by atoms with Crippen molar-refractivity contribution in [3.05, 3.63) is 34.9 Å². The number of hydrogen-bond acceptors (Lipinski definition) is 4. The fraction of sp³-hybridized carbons (Fsp3) is 0.562. The van der Waals surface area contributed by atoms with Crippen LogP contribution in [0.2, 0.25) is 0 Å². The lowest BCUT2D eigenvalue weighted by Gasteiger charge is -2.10. The highest BCUT2D eigenvalue weighted by atomic mass is 15.1. The van der Waals surface area contributed by atoms with Gasteiger partial charge in [0, 0.05) is 30.0 Å². The van der Waals surface area contributed by atoms with Crippen LogP contribution >= 0.6 is 0 Å². The Kier molecular flexibility index (Phi) is 4.18. The first-order valence-corrected chi connectivity index (χ1v) is 7.81. The van der Waals surface area contributed by atoms with Crippen LogP contribution in [-0.4, -0.2) is 26.7 Å². The van der Waals surface area contributed by atoms with E-state index >= 15 is 0 Å². The van der Waals surface area contributed by atoms with Crippen LogP contribution in [0.25, 0.3) is 0 Å². The molecular formula is C16H23N5. The summed E-state index contributed by atoms with van der Waals surface area (Å²) in [5.74, 6) is 1.38. The third kappa shape index (κ3) is 3.23. The summed E-state index contributed by atoms with van der Waals surface area (Å²) < 4.78 is 0. The van der Waals surface area contributed by atoms with Gasteiger partial charge in [0.2, 0.25) is 5.95 Å². The second kappa shape index (κ2) is 6.24. The van der Waals surface area contributed by atoms with Gasteiger partial charge in [0.05, 0.1) is 5.69 Å². The molecule has 112 valence electrons. The second-order valence-electron chi connectivity index (χ2n) is 5.88.